The number of halogens is 1. The van der Waals surface area contributed by atoms with Gasteiger partial charge in [0, 0.05) is 39.6 Å². The molecule has 8 heteroatoms. The van der Waals surface area contributed by atoms with Crippen molar-refractivity contribution in [2.75, 3.05) is 27.7 Å². The maximum atomic E-state index is 13.5. The van der Waals surface area contributed by atoms with Gasteiger partial charge in [-0.05, 0) is 35.4 Å². The lowest BCUT2D eigenvalue weighted by atomic mass is 9.84. The topological polar surface area (TPSA) is 73.8 Å². The molecule has 0 bridgehead atoms. The standard InChI is InChI=1S/C21H29FN4O2S/c1-21(2,17-7-6-8-18(22)13-17)15-25-20(23-3)24-14-16-9-11-19(12-10-16)29(27,28)26(4)5/h6-13H,14-15H2,1-5H3,(H2,23,24,25). The molecule has 2 N–H and O–H groups in total. The maximum Gasteiger partial charge on any atom is 0.242 e. The van der Waals surface area contributed by atoms with Gasteiger partial charge in [-0.25, -0.2) is 17.1 Å². The number of aliphatic imine (C=N–C) groups is 1. The monoisotopic (exact) mass is 420 g/mol. The van der Waals surface area contributed by atoms with E-state index in [1.165, 1.54) is 24.5 Å². The quantitative estimate of drug-likeness (QED) is 0.534. The minimum Gasteiger partial charge on any atom is -0.356 e. The highest BCUT2D eigenvalue weighted by Crippen LogP contribution is 2.22. The summed E-state index contributed by atoms with van der Waals surface area (Å²) < 4.78 is 39.0. The van der Waals surface area contributed by atoms with Crippen molar-refractivity contribution in [3.05, 3.63) is 65.5 Å². The zero-order chi connectivity index (χ0) is 21.7. The third-order valence-corrected chi connectivity index (χ3v) is 6.52. The van der Waals surface area contributed by atoms with Crippen LogP contribution in [0.15, 0.2) is 58.4 Å². The van der Waals surface area contributed by atoms with Crippen molar-refractivity contribution in [1.82, 2.24) is 14.9 Å². The first-order chi connectivity index (χ1) is 13.6. The minimum absolute atomic E-state index is 0.252. The van der Waals surface area contributed by atoms with E-state index in [9.17, 15) is 12.8 Å². The molecule has 2 aromatic carbocycles. The van der Waals surface area contributed by atoms with Gasteiger partial charge in [-0.2, -0.15) is 0 Å². The Morgan fingerprint density at radius 2 is 1.76 bits per heavy atom. The molecule has 0 radical (unpaired) electrons. The first kappa shape index (κ1) is 22.8. The number of guanidine groups is 1. The highest BCUT2D eigenvalue weighted by molar-refractivity contribution is 7.89. The van der Waals surface area contributed by atoms with Gasteiger partial charge in [0.1, 0.15) is 5.82 Å². The Hall–Kier alpha value is -2.45. The molecule has 0 spiro atoms. The van der Waals surface area contributed by atoms with Crippen molar-refractivity contribution in [2.24, 2.45) is 4.99 Å². The smallest absolute Gasteiger partial charge is 0.242 e. The van der Waals surface area contributed by atoms with Crippen LogP contribution in [0.5, 0.6) is 0 Å². The van der Waals surface area contributed by atoms with E-state index in [0.29, 0.717) is 19.0 Å². The van der Waals surface area contributed by atoms with Gasteiger partial charge in [-0.15, -0.1) is 0 Å². The van der Waals surface area contributed by atoms with E-state index >= 15 is 0 Å². The van der Waals surface area contributed by atoms with Gasteiger partial charge in [0.05, 0.1) is 4.90 Å². The Balaban J connectivity index is 1.96. The third kappa shape index (κ3) is 6.01. The summed E-state index contributed by atoms with van der Waals surface area (Å²) >= 11 is 0. The summed E-state index contributed by atoms with van der Waals surface area (Å²) in [5.41, 5.74) is 1.54. The minimum atomic E-state index is -3.43. The van der Waals surface area contributed by atoms with E-state index in [2.05, 4.69) is 15.6 Å². The van der Waals surface area contributed by atoms with Crippen LogP contribution in [0.3, 0.4) is 0 Å². The molecule has 0 aliphatic carbocycles. The van der Waals surface area contributed by atoms with Crippen molar-refractivity contribution < 1.29 is 12.8 Å². The summed E-state index contributed by atoms with van der Waals surface area (Å²) in [5, 5.41) is 6.47. The van der Waals surface area contributed by atoms with Crippen LogP contribution < -0.4 is 10.6 Å². The van der Waals surface area contributed by atoms with E-state index in [1.54, 1.807) is 43.4 Å². The largest absolute Gasteiger partial charge is 0.356 e. The molecule has 0 fully saturated rings. The van der Waals surface area contributed by atoms with Crippen LogP contribution in [-0.4, -0.2) is 46.4 Å². The molecule has 0 saturated carbocycles. The number of hydrogen-bond donors (Lipinski definition) is 2. The summed E-state index contributed by atoms with van der Waals surface area (Å²) in [6, 6.07) is 13.3. The molecule has 0 amide bonds. The molecule has 2 rings (SSSR count). The Kier molecular flexibility index (Phi) is 7.37. The van der Waals surface area contributed by atoms with Crippen molar-refractivity contribution in [1.29, 1.82) is 0 Å². The van der Waals surface area contributed by atoms with E-state index in [-0.39, 0.29) is 16.1 Å². The molecule has 158 valence electrons. The summed E-state index contributed by atoms with van der Waals surface area (Å²) in [7, 11) is 1.26. The van der Waals surface area contributed by atoms with Gasteiger partial charge in [0.15, 0.2) is 5.96 Å². The van der Waals surface area contributed by atoms with Crippen molar-refractivity contribution in [2.45, 2.75) is 30.7 Å². The van der Waals surface area contributed by atoms with E-state index in [0.717, 1.165) is 11.1 Å². The second-order valence-electron chi connectivity index (χ2n) is 7.60. The first-order valence-corrected chi connectivity index (χ1v) is 10.7. The fourth-order valence-corrected chi connectivity index (χ4v) is 3.61. The second kappa shape index (κ2) is 9.37. The molecule has 0 heterocycles. The second-order valence-corrected chi connectivity index (χ2v) is 9.76. The SMILES string of the molecule is CN=C(NCc1ccc(S(=O)(=O)N(C)C)cc1)NCC(C)(C)c1cccc(F)c1. The highest BCUT2D eigenvalue weighted by Gasteiger charge is 2.21. The van der Waals surface area contributed by atoms with Gasteiger partial charge in [-0.1, -0.05) is 38.1 Å². The van der Waals surface area contributed by atoms with E-state index in [4.69, 9.17) is 0 Å². The molecule has 0 saturated heterocycles. The van der Waals surface area contributed by atoms with Gasteiger partial charge in [-0.3, -0.25) is 4.99 Å². The predicted octanol–water partition coefficient (Wildman–Crippen LogP) is 2.72. The highest BCUT2D eigenvalue weighted by atomic mass is 32.2. The Morgan fingerprint density at radius 3 is 2.31 bits per heavy atom. The Morgan fingerprint density at radius 1 is 1.10 bits per heavy atom. The van der Waals surface area contributed by atoms with Crippen LogP contribution in [0.2, 0.25) is 0 Å². The lowest BCUT2D eigenvalue weighted by Gasteiger charge is -2.27. The summed E-state index contributed by atoms with van der Waals surface area (Å²) in [6.07, 6.45) is 0. The van der Waals surface area contributed by atoms with Gasteiger partial charge >= 0.3 is 0 Å². The number of nitrogens with one attached hydrogen (secondary N) is 2. The van der Waals surface area contributed by atoms with E-state index in [1.807, 2.05) is 19.9 Å². The van der Waals surface area contributed by atoms with Crippen LogP contribution in [0.25, 0.3) is 0 Å². The molecule has 0 unspecified atom stereocenters. The number of benzene rings is 2. The average Bonchev–Trinajstić information content (AvgIpc) is 2.68. The van der Waals surface area contributed by atoms with Gasteiger partial charge in [0.2, 0.25) is 10.0 Å². The molecule has 0 aliphatic rings. The zero-order valence-corrected chi connectivity index (χ0v) is 18.3. The molecule has 29 heavy (non-hydrogen) atoms. The zero-order valence-electron chi connectivity index (χ0n) is 17.5. The van der Waals surface area contributed by atoms with E-state index < -0.39 is 10.0 Å². The molecule has 0 aromatic heterocycles. The van der Waals surface area contributed by atoms with Crippen molar-refractivity contribution in [3.8, 4) is 0 Å². The molecular formula is C21H29FN4O2S. The van der Waals surface area contributed by atoms with Gasteiger partial charge < -0.3 is 10.6 Å². The Bertz CT molecular complexity index is 955. The van der Waals surface area contributed by atoms with Crippen LogP contribution >= 0.6 is 0 Å². The lowest BCUT2D eigenvalue weighted by molar-refractivity contribution is 0.503. The summed E-state index contributed by atoms with van der Waals surface area (Å²) in [5.74, 6) is 0.359. The van der Waals surface area contributed by atoms with Crippen LogP contribution in [0.4, 0.5) is 4.39 Å². The Labute approximate surface area is 172 Å². The average molecular weight is 421 g/mol. The number of nitrogens with zero attached hydrogens (tertiary/aromatic N) is 2. The van der Waals surface area contributed by atoms with Crippen molar-refractivity contribution in [3.63, 3.8) is 0 Å². The first-order valence-electron chi connectivity index (χ1n) is 9.28. The number of rotatable bonds is 7. The van der Waals surface area contributed by atoms with Crippen LogP contribution in [0.1, 0.15) is 25.0 Å². The molecule has 6 nitrogen and oxygen atoms in total. The van der Waals surface area contributed by atoms with Crippen molar-refractivity contribution >= 4 is 16.0 Å². The molecular weight excluding hydrogens is 391 g/mol. The predicted molar refractivity (Wildman–Crippen MR) is 115 cm³/mol. The summed E-state index contributed by atoms with van der Waals surface area (Å²) in [4.78, 5) is 4.47. The van der Waals surface area contributed by atoms with Crippen LogP contribution in [0, 0.1) is 5.82 Å². The number of hydrogen-bond acceptors (Lipinski definition) is 3. The molecule has 0 aliphatic heterocycles. The van der Waals surface area contributed by atoms with Crippen LogP contribution in [-0.2, 0) is 22.0 Å². The lowest BCUT2D eigenvalue weighted by Crippen LogP contribution is -2.43. The molecule has 2 aromatic rings. The normalized spacial score (nSPS) is 12.9. The fourth-order valence-electron chi connectivity index (χ4n) is 2.71. The van der Waals surface area contributed by atoms with Gasteiger partial charge in [0.25, 0.3) is 0 Å². The summed E-state index contributed by atoms with van der Waals surface area (Å²) in [6.45, 7) is 5.12. The molecule has 0 atom stereocenters. The maximum absolute atomic E-state index is 13.5. The number of sulfonamides is 1. The fraction of sp³-hybridized carbons (Fsp3) is 0.381. The third-order valence-electron chi connectivity index (χ3n) is 4.69.